The summed E-state index contributed by atoms with van der Waals surface area (Å²) >= 11 is 0. The lowest BCUT2D eigenvalue weighted by molar-refractivity contribution is -0.0132. The molecule has 4 aromatic carbocycles. The van der Waals surface area contributed by atoms with E-state index in [0.29, 0.717) is 39.6 Å². The molecule has 0 saturated heterocycles. The minimum absolute atomic E-state index is 0.104. The van der Waals surface area contributed by atoms with Crippen LogP contribution < -0.4 is 18.9 Å². The molecule has 4 unspecified atom stereocenters. The first kappa shape index (κ1) is 34.8. The summed E-state index contributed by atoms with van der Waals surface area (Å²) in [6.07, 6.45) is -1.18. The van der Waals surface area contributed by atoms with Crippen LogP contribution in [-0.2, 0) is 9.47 Å². The van der Waals surface area contributed by atoms with Crippen LogP contribution in [0.15, 0.2) is 97.1 Å². The van der Waals surface area contributed by atoms with Gasteiger partial charge in [-0.25, -0.2) is 0 Å². The predicted molar refractivity (Wildman–Crippen MR) is 180 cm³/mol. The van der Waals surface area contributed by atoms with Crippen LogP contribution in [0.25, 0.3) is 22.3 Å². The lowest BCUT2D eigenvalue weighted by atomic mass is 10.1. The Morgan fingerprint density at radius 1 is 0.391 bits per heavy atom. The molecule has 0 amide bonds. The molecular formula is C38H46O8. The molecule has 0 aliphatic heterocycles. The Hall–Kier alpha value is -4.08. The van der Waals surface area contributed by atoms with Crippen LogP contribution in [0, 0.1) is 0 Å². The van der Waals surface area contributed by atoms with Crippen LogP contribution in [0.5, 0.6) is 23.0 Å². The van der Waals surface area contributed by atoms with Crippen LogP contribution >= 0.6 is 0 Å². The second-order valence-corrected chi connectivity index (χ2v) is 11.4. The van der Waals surface area contributed by atoms with E-state index in [-0.39, 0.29) is 12.2 Å². The van der Waals surface area contributed by atoms with Crippen LogP contribution in [0.2, 0.25) is 0 Å². The fourth-order valence-corrected chi connectivity index (χ4v) is 4.42. The Labute approximate surface area is 272 Å². The fraction of sp³-hybridized carbons (Fsp3) is 0.368. The molecule has 4 rings (SSSR count). The highest BCUT2D eigenvalue weighted by Gasteiger charge is 2.08. The summed E-state index contributed by atoms with van der Waals surface area (Å²) in [4.78, 5) is 0. The van der Waals surface area contributed by atoms with Crippen molar-refractivity contribution in [3.05, 3.63) is 97.1 Å². The predicted octanol–water partition coefficient (Wildman–Crippen LogP) is 6.81. The Bertz CT molecular complexity index is 1290. The van der Waals surface area contributed by atoms with Gasteiger partial charge in [-0.3, -0.25) is 0 Å². The van der Waals surface area contributed by atoms with E-state index in [2.05, 4.69) is 0 Å². The summed E-state index contributed by atoms with van der Waals surface area (Å²) in [5.41, 5.74) is 4.33. The molecule has 2 N–H and O–H groups in total. The molecule has 0 heterocycles. The second kappa shape index (κ2) is 18.2. The standard InChI is InChI=1S/C38H46O8/c1-27(39)23-43-29(3)25-45-37-17-9-33(10-18-37)31-5-13-35(14-6-31)41-21-22-42-36-15-7-32(8-16-36)34-11-19-38(20-12-34)46-26-30(4)44-24-28(2)40/h5-20,27-30,39-40H,21-26H2,1-4H3. The Morgan fingerprint density at radius 3 is 0.913 bits per heavy atom. The van der Waals surface area contributed by atoms with Gasteiger partial charge in [-0.2, -0.15) is 0 Å². The second-order valence-electron chi connectivity index (χ2n) is 11.4. The van der Waals surface area contributed by atoms with Gasteiger partial charge in [-0.1, -0.05) is 48.5 Å². The first-order valence-corrected chi connectivity index (χ1v) is 15.8. The Kier molecular flexibility index (Phi) is 13.7. The van der Waals surface area contributed by atoms with Crippen molar-refractivity contribution in [3.63, 3.8) is 0 Å². The number of aliphatic hydroxyl groups excluding tert-OH is 2. The third-order valence-corrected chi connectivity index (χ3v) is 6.92. The molecule has 0 aromatic heterocycles. The molecule has 46 heavy (non-hydrogen) atoms. The summed E-state index contributed by atoms with van der Waals surface area (Å²) < 4.78 is 34.4. The van der Waals surface area contributed by atoms with Crippen molar-refractivity contribution < 1.29 is 38.6 Å². The number of rotatable bonds is 19. The van der Waals surface area contributed by atoms with Gasteiger partial charge in [0.15, 0.2) is 0 Å². The minimum atomic E-state index is -0.487. The average Bonchev–Trinajstić information content (AvgIpc) is 3.07. The largest absolute Gasteiger partial charge is 0.491 e. The highest BCUT2D eigenvalue weighted by molar-refractivity contribution is 5.65. The van der Waals surface area contributed by atoms with Crippen molar-refractivity contribution in [2.75, 3.05) is 39.6 Å². The third kappa shape index (κ3) is 12.0. The molecule has 8 nitrogen and oxygen atoms in total. The van der Waals surface area contributed by atoms with E-state index in [1.54, 1.807) is 13.8 Å². The summed E-state index contributed by atoms with van der Waals surface area (Å²) in [5.74, 6) is 3.10. The fourth-order valence-electron chi connectivity index (χ4n) is 4.42. The van der Waals surface area contributed by atoms with Gasteiger partial charge in [-0.05, 0) is 98.5 Å². The van der Waals surface area contributed by atoms with Gasteiger partial charge in [0.25, 0.3) is 0 Å². The maximum absolute atomic E-state index is 9.33. The molecule has 0 fully saturated rings. The van der Waals surface area contributed by atoms with Crippen molar-refractivity contribution in [2.24, 2.45) is 0 Å². The summed E-state index contributed by atoms with van der Waals surface area (Å²) in [7, 11) is 0. The smallest absolute Gasteiger partial charge is 0.122 e. The molecule has 0 saturated carbocycles. The molecule has 0 aliphatic rings. The number of ether oxygens (including phenoxy) is 6. The maximum Gasteiger partial charge on any atom is 0.122 e. The molecule has 4 atom stereocenters. The Morgan fingerprint density at radius 2 is 0.652 bits per heavy atom. The van der Waals surface area contributed by atoms with E-state index in [9.17, 15) is 10.2 Å². The van der Waals surface area contributed by atoms with Crippen LogP contribution in [0.3, 0.4) is 0 Å². The molecule has 0 radical (unpaired) electrons. The minimum Gasteiger partial charge on any atom is -0.491 e. The van der Waals surface area contributed by atoms with Crippen molar-refractivity contribution >= 4 is 0 Å². The van der Waals surface area contributed by atoms with Gasteiger partial charge in [0.1, 0.15) is 49.4 Å². The van der Waals surface area contributed by atoms with Crippen LogP contribution in [-0.4, -0.2) is 74.3 Å². The normalized spacial score (nSPS) is 13.8. The first-order chi connectivity index (χ1) is 22.2. The van der Waals surface area contributed by atoms with Crippen molar-refractivity contribution in [2.45, 2.75) is 52.1 Å². The van der Waals surface area contributed by atoms with Gasteiger partial charge in [0.05, 0.1) is 37.6 Å². The number of hydrogen-bond acceptors (Lipinski definition) is 8. The van der Waals surface area contributed by atoms with E-state index in [4.69, 9.17) is 28.4 Å². The van der Waals surface area contributed by atoms with Crippen molar-refractivity contribution in [1.29, 1.82) is 0 Å². The zero-order valence-electron chi connectivity index (χ0n) is 27.1. The molecule has 4 aromatic rings. The monoisotopic (exact) mass is 630 g/mol. The van der Waals surface area contributed by atoms with E-state index in [0.717, 1.165) is 45.3 Å². The van der Waals surface area contributed by atoms with E-state index in [1.165, 1.54) is 0 Å². The molecule has 0 spiro atoms. The van der Waals surface area contributed by atoms with E-state index in [1.807, 2.05) is 111 Å². The number of hydrogen-bond donors (Lipinski definition) is 2. The molecule has 0 bridgehead atoms. The highest BCUT2D eigenvalue weighted by atomic mass is 16.5. The zero-order chi connectivity index (χ0) is 32.7. The summed E-state index contributed by atoms with van der Waals surface area (Å²) in [5, 5.41) is 18.7. The SMILES string of the molecule is CC(O)COC(C)COc1ccc(-c2ccc(OCCOc3ccc(-c4ccc(OCC(C)OCC(C)O)cc4)cc3)cc2)cc1. The maximum atomic E-state index is 9.33. The van der Waals surface area contributed by atoms with Gasteiger partial charge >= 0.3 is 0 Å². The van der Waals surface area contributed by atoms with E-state index >= 15 is 0 Å². The molecular weight excluding hydrogens is 584 g/mol. The van der Waals surface area contributed by atoms with Crippen molar-refractivity contribution in [1.82, 2.24) is 0 Å². The van der Waals surface area contributed by atoms with Crippen LogP contribution in [0.1, 0.15) is 27.7 Å². The molecule has 0 aliphatic carbocycles. The quantitative estimate of drug-likeness (QED) is 0.109. The van der Waals surface area contributed by atoms with E-state index < -0.39 is 12.2 Å². The lowest BCUT2D eigenvalue weighted by Crippen LogP contribution is -2.22. The zero-order valence-corrected chi connectivity index (χ0v) is 27.1. The Balaban J connectivity index is 1.15. The van der Waals surface area contributed by atoms with Gasteiger partial charge in [0.2, 0.25) is 0 Å². The molecule has 8 heteroatoms. The topological polar surface area (TPSA) is 95.8 Å². The van der Waals surface area contributed by atoms with Crippen LogP contribution in [0.4, 0.5) is 0 Å². The highest BCUT2D eigenvalue weighted by Crippen LogP contribution is 2.26. The van der Waals surface area contributed by atoms with Gasteiger partial charge < -0.3 is 38.6 Å². The van der Waals surface area contributed by atoms with Gasteiger partial charge in [0, 0.05) is 0 Å². The van der Waals surface area contributed by atoms with Crippen molar-refractivity contribution in [3.8, 4) is 45.3 Å². The summed E-state index contributed by atoms with van der Waals surface area (Å²) in [6.45, 7) is 9.52. The molecule has 246 valence electrons. The first-order valence-electron chi connectivity index (χ1n) is 15.8. The summed E-state index contributed by atoms with van der Waals surface area (Å²) in [6, 6.07) is 31.8. The average molecular weight is 631 g/mol. The lowest BCUT2D eigenvalue weighted by Gasteiger charge is -2.15. The number of benzene rings is 4. The number of aliphatic hydroxyl groups is 2. The van der Waals surface area contributed by atoms with Gasteiger partial charge in [-0.15, -0.1) is 0 Å². The third-order valence-electron chi connectivity index (χ3n) is 6.92.